The van der Waals surface area contributed by atoms with Gasteiger partial charge in [0.05, 0.1) is 27.7 Å². The van der Waals surface area contributed by atoms with Crippen LogP contribution in [-0.4, -0.2) is 15.8 Å². The summed E-state index contributed by atoms with van der Waals surface area (Å²) in [6.45, 7) is 0.227. The number of aromatic nitrogens is 1. The van der Waals surface area contributed by atoms with Gasteiger partial charge in [-0.25, -0.2) is 4.98 Å². The molecular weight excluding hydrogens is 318 g/mol. The van der Waals surface area contributed by atoms with E-state index in [1.54, 1.807) is 10.9 Å². The van der Waals surface area contributed by atoms with Gasteiger partial charge in [-0.2, -0.15) is 0 Å². The first-order chi connectivity index (χ1) is 10.0. The van der Waals surface area contributed by atoms with Gasteiger partial charge in [-0.1, -0.05) is 11.6 Å². The van der Waals surface area contributed by atoms with Crippen LogP contribution in [0.1, 0.15) is 16.1 Å². The Labute approximate surface area is 128 Å². The normalized spacial score (nSPS) is 10.2. The number of hydrogen-bond donors (Lipinski definition) is 3. The van der Waals surface area contributed by atoms with Crippen molar-refractivity contribution in [2.75, 3.05) is 5.43 Å². The van der Waals surface area contributed by atoms with E-state index >= 15 is 0 Å². The Hall–Kier alpha value is -2.23. The van der Waals surface area contributed by atoms with Crippen LogP contribution >= 0.6 is 22.9 Å². The van der Waals surface area contributed by atoms with Crippen molar-refractivity contribution in [3.8, 4) is 0 Å². The minimum Gasteiger partial charge on any atom is -0.346 e. The number of hydrazine groups is 1. The number of carbonyl (C=O) groups excluding carboxylic acids is 1. The van der Waals surface area contributed by atoms with Crippen molar-refractivity contribution in [3.05, 3.63) is 49.4 Å². The number of rotatable bonds is 5. The number of thiazole rings is 1. The number of anilines is 1. The number of benzene rings is 1. The summed E-state index contributed by atoms with van der Waals surface area (Å²) < 4.78 is 0. The van der Waals surface area contributed by atoms with Crippen molar-refractivity contribution in [1.82, 2.24) is 10.3 Å². The van der Waals surface area contributed by atoms with Crippen LogP contribution in [-0.2, 0) is 6.54 Å². The van der Waals surface area contributed by atoms with Crippen molar-refractivity contribution >= 4 is 40.2 Å². The Bertz CT molecular complexity index is 677. The molecule has 21 heavy (non-hydrogen) atoms. The third-order valence-electron chi connectivity index (χ3n) is 2.59. The first-order valence-corrected chi connectivity index (χ1v) is 6.95. The number of nitro groups is 1. The fourth-order valence-corrected chi connectivity index (χ4v) is 2.44. The first kappa shape index (κ1) is 15.2. The van der Waals surface area contributed by atoms with E-state index in [0.29, 0.717) is 5.69 Å². The predicted octanol–water partition coefficient (Wildman–Crippen LogP) is 1.92. The smallest absolute Gasteiger partial charge is 0.295 e. The summed E-state index contributed by atoms with van der Waals surface area (Å²) in [5, 5.41) is 15.3. The molecule has 0 unspecified atom stereocenters. The van der Waals surface area contributed by atoms with E-state index in [0.717, 1.165) is 6.07 Å². The topological polar surface area (TPSA) is 123 Å². The van der Waals surface area contributed by atoms with Crippen molar-refractivity contribution in [3.63, 3.8) is 0 Å². The average Bonchev–Trinajstić information content (AvgIpc) is 2.96. The maximum absolute atomic E-state index is 12.0. The Kier molecular flexibility index (Phi) is 4.68. The van der Waals surface area contributed by atoms with Crippen LogP contribution in [0.2, 0.25) is 5.02 Å². The Balaban J connectivity index is 2.23. The van der Waals surface area contributed by atoms with E-state index in [-0.39, 0.29) is 28.5 Å². The molecule has 0 spiro atoms. The number of carbonyl (C=O) groups is 1. The van der Waals surface area contributed by atoms with E-state index in [9.17, 15) is 14.9 Å². The summed E-state index contributed by atoms with van der Waals surface area (Å²) >= 11 is 7.29. The molecule has 0 saturated heterocycles. The summed E-state index contributed by atoms with van der Waals surface area (Å²) in [5.74, 6) is 4.70. The maximum atomic E-state index is 12.0. The zero-order chi connectivity index (χ0) is 15.4. The number of nitrogens with two attached hydrogens (primary N) is 1. The van der Waals surface area contributed by atoms with Crippen LogP contribution in [0, 0.1) is 10.1 Å². The number of nitrogen functional groups attached to an aromatic ring is 1. The van der Waals surface area contributed by atoms with Gasteiger partial charge in [0.25, 0.3) is 11.6 Å². The number of nitro benzene ring substituents is 1. The predicted molar refractivity (Wildman–Crippen MR) is 79.2 cm³/mol. The van der Waals surface area contributed by atoms with Crippen LogP contribution in [0.5, 0.6) is 0 Å². The summed E-state index contributed by atoms with van der Waals surface area (Å²) in [6, 6.07) is 2.41. The van der Waals surface area contributed by atoms with Crippen molar-refractivity contribution < 1.29 is 9.72 Å². The van der Waals surface area contributed by atoms with Crippen LogP contribution in [0.4, 0.5) is 11.4 Å². The van der Waals surface area contributed by atoms with Crippen molar-refractivity contribution in [2.45, 2.75) is 6.54 Å². The van der Waals surface area contributed by atoms with E-state index in [1.807, 2.05) is 0 Å². The molecule has 0 radical (unpaired) electrons. The summed E-state index contributed by atoms with van der Waals surface area (Å²) in [7, 11) is 0. The zero-order valence-electron chi connectivity index (χ0n) is 10.5. The van der Waals surface area contributed by atoms with E-state index in [1.165, 1.54) is 17.4 Å². The fraction of sp³-hybridized carbons (Fsp3) is 0.0909. The molecule has 10 heteroatoms. The van der Waals surface area contributed by atoms with Gasteiger partial charge in [-0.05, 0) is 6.07 Å². The summed E-state index contributed by atoms with van der Waals surface area (Å²) in [6.07, 6.45) is 0. The van der Waals surface area contributed by atoms with Gasteiger partial charge < -0.3 is 10.7 Å². The van der Waals surface area contributed by atoms with Crippen molar-refractivity contribution in [1.29, 1.82) is 0 Å². The van der Waals surface area contributed by atoms with Gasteiger partial charge in [0.15, 0.2) is 0 Å². The highest BCUT2D eigenvalue weighted by Gasteiger charge is 2.20. The molecular formula is C11H10ClN5O3S. The molecule has 0 fully saturated rings. The van der Waals surface area contributed by atoms with Crippen LogP contribution in [0.15, 0.2) is 23.0 Å². The zero-order valence-corrected chi connectivity index (χ0v) is 12.1. The van der Waals surface area contributed by atoms with E-state index < -0.39 is 10.8 Å². The molecule has 0 aliphatic heterocycles. The Morgan fingerprint density at radius 3 is 2.86 bits per heavy atom. The average molecular weight is 328 g/mol. The molecule has 0 atom stereocenters. The van der Waals surface area contributed by atoms with Gasteiger partial charge in [-0.15, -0.1) is 11.3 Å². The van der Waals surface area contributed by atoms with Gasteiger partial charge in [0, 0.05) is 17.0 Å². The monoisotopic (exact) mass is 327 g/mol. The third kappa shape index (κ3) is 3.45. The summed E-state index contributed by atoms with van der Waals surface area (Å²) in [4.78, 5) is 26.3. The Morgan fingerprint density at radius 1 is 1.52 bits per heavy atom. The molecule has 110 valence electrons. The molecule has 1 aromatic carbocycles. The largest absolute Gasteiger partial charge is 0.346 e. The lowest BCUT2D eigenvalue weighted by Gasteiger charge is -2.08. The van der Waals surface area contributed by atoms with Crippen LogP contribution < -0.4 is 16.6 Å². The molecule has 2 rings (SSSR count). The summed E-state index contributed by atoms with van der Waals surface area (Å²) in [5.41, 5.74) is 4.15. The van der Waals surface area contributed by atoms with E-state index in [4.69, 9.17) is 17.4 Å². The van der Waals surface area contributed by atoms with Crippen LogP contribution in [0.25, 0.3) is 0 Å². The van der Waals surface area contributed by atoms with Gasteiger partial charge in [-0.3, -0.25) is 20.8 Å². The molecule has 2 aromatic rings. The lowest BCUT2D eigenvalue weighted by molar-refractivity contribution is -0.384. The molecule has 0 saturated carbocycles. The van der Waals surface area contributed by atoms with Gasteiger partial charge in [0.1, 0.15) is 5.69 Å². The molecule has 0 aliphatic carbocycles. The number of nitrogens with zero attached hydrogens (tertiary/aromatic N) is 2. The highest BCUT2D eigenvalue weighted by Crippen LogP contribution is 2.32. The maximum Gasteiger partial charge on any atom is 0.295 e. The highest BCUT2D eigenvalue weighted by molar-refractivity contribution is 7.07. The quantitative estimate of drug-likeness (QED) is 0.438. The molecule has 8 nitrogen and oxygen atoms in total. The first-order valence-electron chi connectivity index (χ1n) is 5.62. The van der Waals surface area contributed by atoms with Crippen LogP contribution in [0.3, 0.4) is 0 Å². The minimum atomic E-state index is -0.668. The third-order valence-corrected chi connectivity index (χ3v) is 3.52. The fourth-order valence-electron chi connectivity index (χ4n) is 1.61. The highest BCUT2D eigenvalue weighted by atomic mass is 35.5. The van der Waals surface area contributed by atoms with E-state index in [2.05, 4.69) is 15.7 Å². The van der Waals surface area contributed by atoms with Gasteiger partial charge >= 0.3 is 0 Å². The number of nitrogens with one attached hydrogen (secondary N) is 2. The molecule has 4 N–H and O–H groups in total. The van der Waals surface area contributed by atoms with Crippen molar-refractivity contribution in [2.24, 2.45) is 5.84 Å². The number of halogens is 1. The number of hydrogen-bond acceptors (Lipinski definition) is 7. The Morgan fingerprint density at radius 2 is 2.29 bits per heavy atom. The SMILES string of the molecule is NNc1c(Cl)cc(C(=O)NCc2cscn2)cc1[N+](=O)[O-]. The number of amides is 1. The molecule has 1 amide bonds. The lowest BCUT2D eigenvalue weighted by atomic mass is 10.1. The second kappa shape index (κ2) is 6.48. The molecule has 1 heterocycles. The molecule has 1 aromatic heterocycles. The molecule has 0 bridgehead atoms. The lowest BCUT2D eigenvalue weighted by Crippen LogP contribution is -2.23. The molecule has 0 aliphatic rings. The second-order valence-corrected chi connectivity index (χ2v) is 5.04. The van der Waals surface area contributed by atoms with Gasteiger partial charge in [0.2, 0.25) is 0 Å². The minimum absolute atomic E-state index is 0.00879. The standard InChI is InChI=1S/C11H10ClN5O3S/c12-8-1-6(2-9(17(19)20)10(8)16-13)11(18)14-3-7-4-21-5-15-7/h1-2,4-5,16H,3,13H2,(H,14,18). The second-order valence-electron chi connectivity index (χ2n) is 3.92.